The zero-order valence-electron chi connectivity index (χ0n) is 10.7. The summed E-state index contributed by atoms with van der Waals surface area (Å²) in [5.41, 5.74) is 9.96. The van der Waals surface area contributed by atoms with Gasteiger partial charge in [0.2, 0.25) is 0 Å². The molecule has 0 fully saturated rings. The quantitative estimate of drug-likeness (QED) is 0.836. The Hall–Kier alpha value is -1.67. The molecule has 0 heterocycles. The summed E-state index contributed by atoms with van der Waals surface area (Å²) in [7, 11) is 1.99. The maximum Gasteiger partial charge on any atom is 0.0744 e. The van der Waals surface area contributed by atoms with Crippen molar-refractivity contribution in [1.82, 2.24) is 0 Å². The molecule has 2 nitrogen and oxygen atoms in total. The van der Waals surface area contributed by atoms with Crippen molar-refractivity contribution in [2.24, 2.45) is 0 Å². The van der Waals surface area contributed by atoms with Gasteiger partial charge >= 0.3 is 0 Å². The first-order valence-corrected chi connectivity index (χ1v) is 6.38. The van der Waals surface area contributed by atoms with Crippen molar-refractivity contribution in [3.05, 3.63) is 53.1 Å². The van der Waals surface area contributed by atoms with Gasteiger partial charge in [0.25, 0.3) is 0 Å². The van der Waals surface area contributed by atoms with Crippen molar-refractivity contribution in [2.75, 3.05) is 17.7 Å². The molecule has 0 radical (unpaired) electrons. The van der Waals surface area contributed by atoms with E-state index in [0.29, 0.717) is 10.7 Å². The number of hydrogen-bond acceptors (Lipinski definition) is 2. The van der Waals surface area contributed by atoms with Crippen LogP contribution >= 0.6 is 11.6 Å². The summed E-state index contributed by atoms with van der Waals surface area (Å²) >= 11 is 6.04. The monoisotopic (exact) mass is 260 g/mol. The van der Waals surface area contributed by atoms with Crippen molar-refractivity contribution in [1.29, 1.82) is 0 Å². The van der Waals surface area contributed by atoms with E-state index in [1.807, 2.05) is 24.1 Å². The summed E-state index contributed by atoms with van der Waals surface area (Å²) in [5.74, 6) is 0. The number of benzene rings is 2. The number of nitrogens with zero attached hydrogens (tertiary/aromatic N) is 1. The minimum Gasteiger partial charge on any atom is -0.396 e. The highest BCUT2D eigenvalue weighted by atomic mass is 35.5. The number of halogens is 1. The molecule has 0 bridgehead atoms. The molecular formula is C15H17ClN2. The van der Waals surface area contributed by atoms with E-state index in [2.05, 4.69) is 31.2 Å². The van der Waals surface area contributed by atoms with Crippen molar-refractivity contribution in [2.45, 2.75) is 13.3 Å². The van der Waals surface area contributed by atoms with Gasteiger partial charge < -0.3 is 10.6 Å². The average Bonchev–Trinajstić information content (AvgIpc) is 2.41. The lowest BCUT2D eigenvalue weighted by Gasteiger charge is -2.22. The fraction of sp³-hybridized carbons (Fsp3) is 0.200. The normalized spacial score (nSPS) is 10.4. The van der Waals surface area contributed by atoms with Gasteiger partial charge in [0, 0.05) is 12.7 Å². The van der Waals surface area contributed by atoms with Gasteiger partial charge in [-0.15, -0.1) is 0 Å². The van der Waals surface area contributed by atoms with Crippen LogP contribution in [0, 0.1) is 0 Å². The van der Waals surface area contributed by atoms with Crippen molar-refractivity contribution in [3.63, 3.8) is 0 Å². The summed E-state index contributed by atoms with van der Waals surface area (Å²) in [6.07, 6.45) is 1.04. The minimum absolute atomic E-state index is 0.588. The van der Waals surface area contributed by atoms with Crippen LogP contribution in [0.5, 0.6) is 0 Å². The van der Waals surface area contributed by atoms with E-state index in [1.54, 1.807) is 6.07 Å². The zero-order chi connectivity index (χ0) is 13.1. The Bertz CT molecular complexity index is 535. The van der Waals surface area contributed by atoms with Gasteiger partial charge in [-0.25, -0.2) is 0 Å². The Morgan fingerprint density at radius 1 is 1.11 bits per heavy atom. The number of nitrogens with two attached hydrogens (primary N) is 1. The standard InChI is InChI=1S/C15H17ClN2/c1-3-11-7-9-12(10-8-11)18(2)14-6-4-5-13(16)15(14)17/h4-10H,3,17H2,1-2H3. The van der Waals surface area contributed by atoms with Gasteiger partial charge in [-0.3, -0.25) is 0 Å². The maximum atomic E-state index is 6.04. The molecular weight excluding hydrogens is 244 g/mol. The lowest BCUT2D eigenvalue weighted by atomic mass is 10.1. The Morgan fingerprint density at radius 2 is 1.78 bits per heavy atom. The lowest BCUT2D eigenvalue weighted by molar-refractivity contribution is 1.13. The van der Waals surface area contributed by atoms with Gasteiger partial charge in [-0.2, -0.15) is 0 Å². The van der Waals surface area contributed by atoms with Crippen LogP contribution in [0.2, 0.25) is 5.02 Å². The van der Waals surface area contributed by atoms with E-state index in [4.69, 9.17) is 17.3 Å². The molecule has 0 saturated heterocycles. The Labute approximate surface area is 113 Å². The second-order valence-electron chi connectivity index (χ2n) is 4.25. The fourth-order valence-corrected chi connectivity index (χ4v) is 2.08. The number of hydrogen-bond donors (Lipinski definition) is 1. The van der Waals surface area contributed by atoms with Crippen LogP contribution < -0.4 is 10.6 Å². The molecule has 0 unspecified atom stereocenters. The molecule has 3 heteroatoms. The van der Waals surface area contributed by atoms with Crippen LogP contribution in [0.15, 0.2) is 42.5 Å². The summed E-state index contributed by atoms with van der Waals surface area (Å²) in [6.45, 7) is 2.15. The fourth-order valence-electron chi connectivity index (χ4n) is 1.91. The van der Waals surface area contributed by atoms with E-state index in [1.165, 1.54) is 5.56 Å². The molecule has 2 N–H and O–H groups in total. The van der Waals surface area contributed by atoms with Gasteiger partial charge in [0.1, 0.15) is 0 Å². The summed E-state index contributed by atoms with van der Waals surface area (Å²) < 4.78 is 0. The molecule has 0 amide bonds. The molecule has 2 aromatic rings. The maximum absolute atomic E-state index is 6.04. The first kappa shape index (κ1) is 12.8. The molecule has 0 aliphatic rings. The van der Waals surface area contributed by atoms with E-state index in [9.17, 15) is 0 Å². The predicted octanol–water partition coefficient (Wildman–Crippen LogP) is 4.25. The highest BCUT2D eigenvalue weighted by Crippen LogP contribution is 2.33. The van der Waals surface area contributed by atoms with Gasteiger partial charge in [-0.05, 0) is 36.2 Å². The van der Waals surface area contributed by atoms with E-state index >= 15 is 0 Å². The predicted molar refractivity (Wildman–Crippen MR) is 79.7 cm³/mol. The number of nitrogen functional groups attached to an aromatic ring is 1. The van der Waals surface area contributed by atoms with E-state index in [-0.39, 0.29) is 0 Å². The molecule has 0 atom stereocenters. The molecule has 0 aliphatic carbocycles. The van der Waals surface area contributed by atoms with Gasteiger partial charge in [0.05, 0.1) is 16.4 Å². The number of rotatable bonds is 3. The van der Waals surface area contributed by atoms with Crippen LogP contribution in [0.4, 0.5) is 17.1 Å². The first-order valence-electron chi connectivity index (χ1n) is 6.00. The molecule has 2 aromatic carbocycles. The van der Waals surface area contributed by atoms with Crippen LogP contribution in [-0.2, 0) is 6.42 Å². The second kappa shape index (κ2) is 5.32. The molecule has 0 aromatic heterocycles. The van der Waals surface area contributed by atoms with Crippen molar-refractivity contribution >= 4 is 28.7 Å². The molecule has 2 rings (SSSR count). The lowest BCUT2D eigenvalue weighted by Crippen LogP contribution is -2.11. The number of para-hydroxylation sites is 1. The highest BCUT2D eigenvalue weighted by Gasteiger charge is 2.09. The minimum atomic E-state index is 0.588. The number of anilines is 3. The van der Waals surface area contributed by atoms with E-state index in [0.717, 1.165) is 17.8 Å². The third kappa shape index (κ3) is 2.44. The first-order chi connectivity index (χ1) is 8.63. The van der Waals surface area contributed by atoms with Gasteiger partial charge in [-0.1, -0.05) is 36.7 Å². The van der Waals surface area contributed by atoms with Crippen molar-refractivity contribution in [3.8, 4) is 0 Å². The summed E-state index contributed by atoms with van der Waals surface area (Å²) in [6, 6.07) is 14.1. The Balaban J connectivity index is 2.35. The third-order valence-corrected chi connectivity index (χ3v) is 3.45. The van der Waals surface area contributed by atoms with Crippen LogP contribution in [0.1, 0.15) is 12.5 Å². The summed E-state index contributed by atoms with van der Waals surface area (Å²) in [4.78, 5) is 2.04. The van der Waals surface area contributed by atoms with Crippen LogP contribution in [0.3, 0.4) is 0 Å². The molecule has 0 aliphatic heterocycles. The van der Waals surface area contributed by atoms with Gasteiger partial charge in [0.15, 0.2) is 0 Å². The molecule has 94 valence electrons. The topological polar surface area (TPSA) is 29.3 Å². The summed E-state index contributed by atoms with van der Waals surface area (Å²) in [5, 5.41) is 0.588. The van der Waals surface area contributed by atoms with Crippen LogP contribution in [0.25, 0.3) is 0 Å². The smallest absolute Gasteiger partial charge is 0.0744 e. The largest absolute Gasteiger partial charge is 0.396 e. The third-order valence-electron chi connectivity index (χ3n) is 3.12. The SMILES string of the molecule is CCc1ccc(N(C)c2cccc(Cl)c2N)cc1. The second-order valence-corrected chi connectivity index (χ2v) is 4.66. The molecule has 0 spiro atoms. The number of aryl methyl sites for hydroxylation is 1. The Kier molecular flexibility index (Phi) is 3.78. The average molecular weight is 261 g/mol. The molecule has 0 saturated carbocycles. The Morgan fingerprint density at radius 3 is 2.39 bits per heavy atom. The zero-order valence-corrected chi connectivity index (χ0v) is 11.4. The highest BCUT2D eigenvalue weighted by molar-refractivity contribution is 6.33. The van der Waals surface area contributed by atoms with Crippen molar-refractivity contribution < 1.29 is 0 Å². The van der Waals surface area contributed by atoms with E-state index < -0.39 is 0 Å². The van der Waals surface area contributed by atoms with Crippen LogP contribution in [-0.4, -0.2) is 7.05 Å². The molecule has 18 heavy (non-hydrogen) atoms.